The Kier molecular flexibility index (Phi) is 18.4. The molecule has 0 radical (unpaired) electrons. The van der Waals surface area contributed by atoms with Crippen molar-refractivity contribution in [1.82, 2.24) is 6.15 Å². The molecule has 2 aromatic rings. The van der Waals surface area contributed by atoms with E-state index in [1.807, 2.05) is 0 Å². The zero-order valence-electron chi connectivity index (χ0n) is 16.5. The summed E-state index contributed by atoms with van der Waals surface area (Å²) >= 11 is 12.5. The second kappa shape index (κ2) is 15.4. The van der Waals surface area contributed by atoms with Gasteiger partial charge in [0, 0.05) is 9.13 Å². The molecule has 2 aromatic heterocycles. The fourth-order valence-corrected chi connectivity index (χ4v) is 4.31. The van der Waals surface area contributed by atoms with Crippen molar-refractivity contribution in [3.8, 4) is 23.4 Å². The molecule has 9 heteroatoms. The topological polar surface area (TPSA) is 66.5 Å². The molecule has 0 amide bonds. The van der Waals surface area contributed by atoms with E-state index < -0.39 is 16.1 Å². The van der Waals surface area contributed by atoms with Crippen LogP contribution in [0.1, 0.15) is 5.56 Å². The van der Waals surface area contributed by atoms with Crippen molar-refractivity contribution in [2.45, 2.75) is 39.3 Å². The minimum atomic E-state index is -1.21. The number of hydrogen-bond acceptors (Lipinski definition) is 3. The van der Waals surface area contributed by atoms with Crippen molar-refractivity contribution in [2.75, 3.05) is 0 Å². The fourth-order valence-electron chi connectivity index (χ4n) is 0.912. The van der Waals surface area contributed by atoms with Gasteiger partial charge in [-0.15, -0.1) is 40.2 Å². The second-order valence-electron chi connectivity index (χ2n) is 7.04. The minimum Gasteiger partial charge on any atom is -0.412 e. The first-order valence-corrected chi connectivity index (χ1v) is 18.9. The molecule has 2 rings (SSSR count). The van der Waals surface area contributed by atoms with Crippen LogP contribution in [0.25, 0.3) is 0 Å². The first-order chi connectivity index (χ1) is 11.4. The van der Waals surface area contributed by atoms with E-state index in [1.165, 1.54) is 7.36 Å². The van der Waals surface area contributed by atoms with E-state index in [2.05, 4.69) is 134 Å². The Morgan fingerprint density at radius 3 is 1.59 bits per heavy atom. The van der Waals surface area contributed by atoms with E-state index >= 15 is 0 Å². The van der Waals surface area contributed by atoms with Gasteiger partial charge in [0.1, 0.15) is 16.1 Å². The maximum Gasteiger partial charge on any atom is 0.129 e. The molecule has 0 bridgehead atoms. The summed E-state index contributed by atoms with van der Waals surface area (Å²) in [5.74, 6) is 3.21. The number of halogens is 3. The molecule has 0 atom stereocenters. The molecular formula is C18H28Br2INOS2Si2. The molecule has 0 saturated carbocycles. The summed E-state index contributed by atoms with van der Waals surface area (Å²) in [5.41, 5.74) is 7.20. The Bertz CT molecular complexity index is 747. The average Bonchev–Trinajstić information content (AvgIpc) is 3.06. The van der Waals surface area contributed by atoms with Gasteiger partial charge >= 0.3 is 0 Å². The van der Waals surface area contributed by atoms with Gasteiger partial charge in [-0.2, -0.15) is 0 Å². The third-order valence-corrected chi connectivity index (χ3v) is 9.32. The smallest absolute Gasteiger partial charge is 0.129 e. The molecule has 0 aliphatic rings. The molecule has 0 unspecified atom stereocenters. The highest BCUT2D eigenvalue weighted by atomic mass is 127. The number of terminal acetylenes is 1. The lowest BCUT2D eigenvalue weighted by atomic mass is 10.4. The molecule has 5 N–H and O–H groups in total. The normalized spacial score (nSPS) is 9.48. The molecule has 0 saturated heterocycles. The van der Waals surface area contributed by atoms with Crippen molar-refractivity contribution in [3.63, 3.8) is 0 Å². The highest BCUT2D eigenvalue weighted by Gasteiger charge is 2.08. The molecule has 0 spiro atoms. The van der Waals surface area contributed by atoms with Gasteiger partial charge < -0.3 is 11.6 Å². The Labute approximate surface area is 205 Å². The summed E-state index contributed by atoms with van der Waals surface area (Å²) < 4.78 is 3.67. The Hall–Kier alpha value is 0.564. The summed E-state index contributed by atoms with van der Waals surface area (Å²) in [7, 11) is -2.32. The predicted molar refractivity (Wildman–Crippen MR) is 148 cm³/mol. The van der Waals surface area contributed by atoms with Crippen molar-refractivity contribution in [3.05, 3.63) is 39.6 Å². The van der Waals surface area contributed by atoms with E-state index in [0.29, 0.717) is 0 Å². The van der Waals surface area contributed by atoms with Crippen LogP contribution in [0.2, 0.25) is 39.3 Å². The van der Waals surface area contributed by atoms with Crippen molar-refractivity contribution < 1.29 is 5.48 Å². The lowest BCUT2D eigenvalue weighted by Crippen LogP contribution is -2.16. The Morgan fingerprint density at radius 2 is 1.37 bits per heavy atom. The van der Waals surface area contributed by atoms with E-state index in [-0.39, 0.29) is 11.6 Å². The molecule has 0 aliphatic carbocycles. The Balaban J connectivity index is -0.000000333. The van der Waals surface area contributed by atoms with Crippen LogP contribution >= 0.6 is 77.1 Å². The van der Waals surface area contributed by atoms with Crippen molar-refractivity contribution >= 4 is 93.3 Å². The van der Waals surface area contributed by atoms with Crippen molar-refractivity contribution in [1.29, 1.82) is 0 Å². The Morgan fingerprint density at radius 1 is 0.926 bits per heavy atom. The molecule has 27 heavy (non-hydrogen) atoms. The van der Waals surface area contributed by atoms with Crippen LogP contribution in [-0.4, -0.2) is 21.6 Å². The molecule has 0 aliphatic heterocycles. The lowest BCUT2D eigenvalue weighted by molar-refractivity contribution is 0.824. The van der Waals surface area contributed by atoms with Crippen LogP contribution in [0.4, 0.5) is 0 Å². The highest BCUT2D eigenvalue weighted by Crippen LogP contribution is 2.24. The molecule has 2 nitrogen and oxygen atoms in total. The van der Waals surface area contributed by atoms with Gasteiger partial charge in [0.15, 0.2) is 0 Å². The summed E-state index contributed by atoms with van der Waals surface area (Å²) in [6.45, 7) is 13.2. The largest absolute Gasteiger partial charge is 0.412 e. The molecule has 0 aromatic carbocycles. The zero-order chi connectivity index (χ0) is 19.7. The van der Waals surface area contributed by atoms with Crippen LogP contribution in [0, 0.1) is 27.0 Å². The second-order valence-corrected chi connectivity index (χ2v) is 22.2. The minimum absolute atomic E-state index is 0. The summed E-state index contributed by atoms with van der Waals surface area (Å²) in [5, 5.41) is 4.12. The van der Waals surface area contributed by atoms with Crippen LogP contribution < -0.4 is 6.15 Å². The fraction of sp³-hybridized carbons (Fsp3) is 0.333. The van der Waals surface area contributed by atoms with Crippen LogP contribution in [0.15, 0.2) is 30.5 Å². The average molecular weight is 681 g/mol. The van der Waals surface area contributed by atoms with Gasteiger partial charge in [0.05, 0.1) is 7.57 Å². The lowest BCUT2D eigenvalue weighted by Gasteiger charge is -2.02. The molecule has 152 valence electrons. The van der Waals surface area contributed by atoms with Gasteiger partial charge in [-0.05, 0) is 77.3 Å². The monoisotopic (exact) mass is 679 g/mol. The molecular weight excluding hydrogens is 653 g/mol. The van der Waals surface area contributed by atoms with Crippen LogP contribution in [-0.2, 0) is 0 Å². The third-order valence-electron chi connectivity index (χ3n) is 2.20. The maximum atomic E-state index is 5.12. The van der Waals surface area contributed by atoms with Gasteiger partial charge in [-0.3, -0.25) is 0 Å². The number of rotatable bonds is 0. The van der Waals surface area contributed by atoms with Gasteiger partial charge in [0.2, 0.25) is 0 Å². The van der Waals surface area contributed by atoms with Crippen LogP contribution in [0.5, 0.6) is 0 Å². The zero-order valence-corrected chi connectivity index (χ0v) is 25.5. The quantitative estimate of drug-likeness (QED) is 0.173. The van der Waals surface area contributed by atoms with E-state index in [4.69, 9.17) is 6.42 Å². The van der Waals surface area contributed by atoms with Gasteiger partial charge in [-0.1, -0.05) is 45.2 Å². The van der Waals surface area contributed by atoms with Gasteiger partial charge in [-0.25, -0.2) is 0 Å². The summed E-state index contributed by atoms with van der Waals surface area (Å²) in [4.78, 5) is 0. The first-order valence-electron chi connectivity index (χ1n) is 7.48. The third kappa shape index (κ3) is 18.3. The summed E-state index contributed by atoms with van der Waals surface area (Å²) in [6.07, 6.45) is 5.12. The first kappa shape index (κ1) is 32.2. The SMILES string of the molecule is Brc1sccc1I.C#C[Si](C)(C)C.C[Si](C)(C)C#Cc1ccsc1Br.N.O. The van der Waals surface area contributed by atoms with E-state index in [1.54, 1.807) is 22.7 Å². The molecule has 2 heterocycles. The number of hydrogen-bond donors (Lipinski definition) is 1. The molecule has 0 fully saturated rings. The maximum absolute atomic E-state index is 5.12. The van der Waals surface area contributed by atoms with E-state index in [9.17, 15) is 0 Å². The highest BCUT2D eigenvalue weighted by molar-refractivity contribution is 14.1. The van der Waals surface area contributed by atoms with E-state index in [0.717, 1.165) is 9.35 Å². The van der Waals surface area contributed by atoms with Crippen LogP contribution in [0.3, 0.4) is 0 Å². The summed E-state index contributed by atoms with van der Waals surface area (Å²) in [6, 6.07) is 4.14. The van der Waals surface area contributed by atoms with Crippen molar-refractivity contribution in [2.24, 2.45) is 0 Å². The predicted octanol–water partition coefficient (Wildman–Crippen LogP) is 7.69. The number of thiophene rings is 2. The van der Waals surface area contributed by atoms with Gasteiger partial charge in [0.25, 0.3) is 0 Å². The standard InChI is InChI=1S/C9H11BrSSi.C5H10Si.C4H2BrIS.H3N.H2O/c1-12(2,3)7-5-8-4-6-11-9(8)10;1-5-6(2,3)4;5-4-3(6)1-2-7-4;;/h4,6H,1-3H3;1H,2-4H3;1-2H;1H3;1H2.